The fourth-order valence-corrected chi connectivity index (χ4v) is 2.38. The van der Waals surface area contributed by atoms with Crippen molar-refractivity contribution in [3.63, 3.8) is 0 Å². The molecule has 2 rings (SSSR count). The van der Waals surface area contributed by atoms with Crippen LogP contribution in [0, 0.1) is 0 Å². The number of piperidine rings is 1. The van der Waals surface area contributed by atoms with E-state index >= 15 is 0 Å². The molecule has 1 N–H and O–H groups in total. The van der Waals surface area contributed by atoms with Crippen molar-refractivity contribution in [2.24, 2.45) is 0 Å². The minimum absolute atomic E-state index is 0.425. The lowest BCUT2D eigenvalue weighted by molar-refractivity contribution is -0.0438. The van der Waals surface area contributed by atoms with Crippen LogP contribution in [-0.4, -0.2) is 48.0 Å². The minimum atomic E-state index is -0.425. The van der Waals surface area contributed by atoms with E-state index in [4.69, 9.17) is 4.74 Å². The lowest BCUT2D eigenvalue weighted by atomic mass is 9.92. The first-order valence-electron chi connectivity index (χ1n) is 5.72. The van der Waals surface area contributed by atoms with E-state index in [1.807, 2.05) is 6.92 Å². The van der Waals surface area contributed by atoms with Gasteiger partial charge in [0.25, 0.3) is 0 Å². The zero-order chi connectivity index (χ0) is 10.0. The molecule has 82 valence electrons. The van der Waals surface area contributed by atoms with Crippen LogP contribution < -0.4 is 0 Å². The molecular weight excluding hydrogens is 178 g/mol. The first-order valence-corrected chi connectivity index (χ1v) is 5.72. The fraction of sp³-hybridized carbons (Fsp3) is 1.00. The summed E-state index contributed by atoms with van der Waals surface area (Å²) in [6.07, 6.45) is 4.27. The lowest BCUT2D eigenvalue weighted by Crippen LogP contribution is -2.49. The Hall–Kier alpha value is -0.120. The average molecular weight is 199 g/mol. The molecule has 3 nitrogen and oxygen atoms in total. The molecule has 2 fully saturated rings. The molecule has 0 bridgehead atoms. The lowest BCUT2D eigenvalue weighted by Gasteiger charge is -2.41. The third-order valence-corrected chi connectivity index (χ3v) is 3.53. The van der Waals surface area contributed by atoms with Crippen LogP contribution in [0.2, 0.25) is 0 Å². The summed E-state index contributed by atoms with van der Waals surface area (Å²) in [4.78, 5) is 2.48. The predicted octanol–water partition coefficient (Wildman–Crippen LogP) is 1.01. The summed E-state index contributed by atoms with van der Waals surface area (Å²) in [5, 5.41) is 9.83. The van der Waals surface area contributed by atoms with Crippen molar-refractivity contribution in [2.45, 2.75) is 44.2 Å². The molecule has 2 aliphatic heterocycles. The highest BCUT2D eigenvalue weighted by Gasteiger charge is 2.31. The highest BCUT2D eigenvalue weighted by atomic mass is 16.5. The molecule has 0 aromatic rings. The van der Waals surface area contributed by atoms with Crippen LogP contribution in [0.3, 0.4) is 0 Å². The summed E-state index contributed by atoms with van der Waals surface area (Å²) < 4.78 is 5.48. The summed E-state index contributed by atoms with van der Waals surface area (Å²) in [6.45, 7) is 5.83. The predicted molar refractivity (Wildman–Crippen MR) is 55.3 cm³/mol. The van der Waals surface area contributed by atoms with Gasteiger partial charge in [-0.3, -0.25) is 4.90 Å². The van der Waals surface area contributed by atoms with Gasteiger partial charge in [0, 0.05) is 25.7 Å². The molecule has 0 saturated carbocycles. The molecule has 2 aliphatic rings. The standard InChI is InChI=1S/C11H21NO2/c1-11(13)4-6-12(7-5-11)10-3-2-8-14-9-10/h10,13H,2-9H2,1H3. The highest BCUT2D eigenvalue weighted by Crippen LogP contribution is 2.24. The van der Waals surface area contributed by atoms with Gasteiger partial charge < -0.3 is 9.84 Å². The van der Waals surface area contributed by atoms with Crippen molar-refractivity contribution in [3.8, 4) is 0 Å². The normalized spacial score (nSPS) is 34.3. The molecule has 0 aromatic carbocycles. The van der Waals surface area contributed by atoms with E-state index in [1.54, 1.807) is 0 Å². The van der Waals surface area contributed by atoms with E-state index in [1.165, 1.54) is 12.8 Å². The molecule has 2 heterocycles. The maximum absolute atomic E-state index is 9.83. The quantitative estimate of drug-likeness (QED) is 0.684. The van der Waals surface area contributed by atoms with E-state index in [9.17, 15) is 5.11 Å². The van der Waals surface area contributed by atoms with Gasteiger partial charge in [0.2, 0.25) is 0 Å². The van der Waals surface area contributed by atoms with Crippen LogP contribution >= 0.6 is 0 Å². The van der Waals surface area contributed by atoms with E-state index in [0.29, 0.717) is 6.04 Å². The number of rotatable bonds is 1. The number of ether oxygens (including phenoxy) is 1. The Kier molecular flexibility index (Phi) is 3.10. The molecule has 2 saturated heterocycles. The Morgan fingerprint density at radius 3 is 2.64 bits per heavy atom. The third kappa shape index (κ3) is 2.47. The minimum Gasteiger partial charge on any atom is -0.390 e. The van der Waals surface area contributed by atoms with Crippen LogP contribution in [0.25, 0.3) is 0 Å². The second-order valence-electron chi connectivity index (χ2n) is 4.90. The fourth-order valence-electron chi connectivity index (χ4n) is 2.38. The van der Waals surface area contributed by atoms with Crippen molar-refractivity contribution in [3.05, 3.63) is 0 Å². The van der Waals surface area contributed by atoms with E-state index in [2.05, 4.69) is 4.90 Å². The van der Waals surface area contributed by atoms with Gasteiger partial charge in [0.15, 0.2) is 0 Å². The van der Waals surface area contributed by atoms with Gasteiger partial charge in [-0.25, -0.2) is 0 Å². The maximum Gasteiger partial charge on any atom is 0.0644 e. The Labute approximate surface area is 86.0 Å². The Morgan fingerprint density at radius 2 is 2.07 bits per heavy atom. The number of likely N-dealkylation sites (tertiary alicyclic amines) is 1. The Morgan fingerprint density at radius 1 is 1.36 bits per heavy atom. The SMILES string of the molecule is CC1(O)CCN(C2CCCOC2)CC1. The number of nitrogens with zero attached hydrogens (tertiary/aromatic N) is 1. The van der Waals surface area contributed by atoms with Crippen molar-refractivity contribution >= 4 is 0 Å². The van der Waals surface area contributed by atoms with Crippen molar-refractivity contribution in [1.29, 1.82) is 0 Å². The molecule has 0 spiro atoms. The van der Waals surface area contributed by atoms with E-state index in [0.717, 1.165) is 39.1 Å². The molecule has 1 atom stereocenters. The molecule has 0 radical (unpaired) electrons. The largest absolute Gasteiger partial charge is 0.390 e. The monoisotopic (exact) mass is 199 g/mol. The maximum atomic E-state index is 9.83. The zero-order valence-electron chi connectivity index (χ0n) is 9.04. The van der Waals surface area contributed by atoms with Gasteiger partial charge in [-0.15, -0.1) is 0 Å². The van der Waals surface area contributed by atoms with Crippen molar-refractivity contribution in [1.82, 2.24) is 4.90 Å². The zero-order valence-corrected chi connectivity index (χ0v) is 9.04. The second-order valence-corrected chi connectivity index (χ2v) is 4.90. The summed E-state index contributed by atoms with van der Waals surface area (Å²) in [5.74, 6) is 0. The molecule has 14 heavy (non-hydrogen) atoms. The van der Waals surface area contributed by atoms with Crippen LogP contribution in [0.15, 0.2) is 0 Å². The number of aliphatic hydroxyl groups is 1. The van der Waals surface area contributed by atoms with Gasteiger partial charge in [0.05, 0.1) is 12.2 Å². The van der Waals surface area contributed by atoms with Gasteiger partial charge >= 0.3 is 0 Å². The second kappa shape index (κ2) is 4.17. The van der Waals surface area contributed by atoms with Crippen molar-refractivity contribution < 1.29 is 9.84 Å². The number of hydrogen-bond donors (Lipinski definition) is 1. The smallest absolute Gasteiger partial charge is 0.0644 e. The van der Waals surface area contributed by atoms with Crippen LogP contribution in [0.4, 0.5) is 0 Å². The molecule has 0 amide bonds. The van der Waals surface area contributed by atoms with Gasteiger partial charge in [0.1, 0.15) is 0 Å². The summed E-state index contributed by atoms with van der Waals surface area (Å²) in [7, 11) is 0. The van der Waals surface area contributed by atoms with E-state index in [-0.39, 0.29) is 0 Å². The number of hydrogen-bond acceptors (Lipinski definition) is 3. The van der Waals surface area contributed by atoms with Crippen LogP contribution in [0.5, 0.6) is 0 Å². The first kappa shape index (κ1) is 10.4. The summed E-state index contributed by atoms with van der Waals surface area (Å²) in [6, 6.07) is 0.611. The molecular formula is C11H21NO2. The molecule has 3 heteroatoms. The first-order chi connectivity index (χ1) is 6.67. The summed E-state index contributed by atoms with van der Waals surface area (Å²) >= 11 is 0. The molecule has 1 unspecified atom stereocenters. The highest BCUT2D eigenvalue weighted by molar-refractivity contribution is 4.85. The van der Waals surface area contributed by atoms with E-state index < -0.39 is 5.60 Å². The van der Waals surface area contributed by atoms with Gasteiger partial charge in [-0.2, -0.15) is 0 Å². The molecule has 0 aliphatic carbocycles. The average Bonchev–Trinajstić information content (AvgIpc) is 2.19. The molecule has 0 aromatic heterocycles. The van der Waals surface area contributed by atoms with Crippen LogP contribution in [-0.2, 0) is 4.74 Å². The van der Waals surface area contributed by atoms with Crippen LogP contribution in [0.1, 0.15) is 32.6 Å². The Balaban J connectivity index is 1.82. The summed E-state index contributed by atoms with van der Waals surface area (Å²) in [5.41, 5.74) is -0.425. The Bertz CT molecular complexity index is 178. The van der Waals surface area contributed by atoms with Gasteiger partial charge in [-0.05, 0) is 32.6 Å². The van der Waals surface area contributed by atoms with Gasteiger partial charge in [-0.1, -0.05) is 0 Å². The topological polar surface area (TPSA) is 32.7 Å². The van der Waals surface area contributed by atoms with Crippen molar-refractivity contribution in [2.75, 3.05) is 26.3 Å². The third-order valence-electron chi connectivity index (χ3n) is 3.53.